The molecule has 0 bridgehead atoms. The first-order valence-corrected chi connectivity index (χ1v) is 12.1. The minimum absolute atomic E-state index is 0.0889. The fourth-order valence-corrected chi connectivity index (χ4v) is 4.54. The lowest BCUT2D eigenvalue weighted by atomic mass is 9.96. The van der Waals surface area contributed by atoms with Crippen molar-refractivity contribution in [2.45, 2.75) is 45.3 Å². The smallest absolute Gasteiger partial charge is 0.303 e. The molecule has 0 spiro atoms. The summed E-state index contributed by atoms with van der Waals surface area (Å²) in [6.07, 6.45) is 4.18. The molecule has 3 aromatic rings. The van der Waals surface area contributed by atoms with Crippen molar-refractivity contribution >= 4 is 5.97 Å². The molecular formula is C29H32FNO4. The maximum Gasteiger partial charge on any atom is 0.303 e. The zero-order valence-electron chi connectivity index (χ0n) is 20.1. The second kappa shape index (κ2) is 11.8. The highest BCUT2D eigenvalue weighted by Crippen LogP contribution is 2.32. The number of nitrogens with zero attached hydrogens (tertiary/aromatic N) is 1. The van der Waals surface area contributed by atoms with Crippen molar-refractivity contribution in [1.29, 1.82) is 0 Å². The molecule has 1 saturated heterocycles. The monoisotopic (exact) mass is 477 g/mol. The van der Waals surface area contributed by atoms with Gasteiger partial charge < -0.3 is 14.6 Å². The lowest BCUT2D eigenvalue weighted by Gasteiger charge is -2.27. The average Bonchev–Trinajstić information content (AvgIpc) is 2.88. The molecule has 1 fully saturated rings. The van der Waals surface area contributed by atoms with E-state index in [1.165, 1.54) is 25.3 Å². The Morgan fingerprint density at radius 2 is 1.77 bits per heavy atom. The molecule has 1 aliphatic heterocycles. The fourth-order valence-electron chi connectivity index (χ4n) is 4.54. The van der Waals surface area contributed by atoms with Crippen LogP contribution in [0.25, 0.3) is 11.1 Å². The molecule has 0 aliphatic carbocycles. The molecule has 0 aromatic heterocycles. The Balaban J connectivity index is 1.56. The van der Waals surface area contributed by atoms with Crippen LogP contribution in [-0.4, -0.2) is 36.2 Å². The molecule has 4 rings (SSSR count). The normalized spacial score (nSPS) is 14.0. The van der Waals surface area contributed by atoms with E-state index in [-0.39, 0.29) is 12.2 Å². The van der Waals surface area contributed by atoms with Crippen LogP contribution >= 0.6 is 0 Å². The Morgan fingerprint density at radius 1 is 0.943 bits per heavy atom. The standard InChI is InChI=1S/C29H32FNO4/c1-34-24-10-12-28(30)27(18-24)26-11-8-22(16-23(26)19-31-14-3-2-4-15-31)20-35-25-7-5-6-21(17-25)9-13-29(32)33/h5-8,10-12,16-18H,2-4,9,13-15,19-20H2,1H3,(H,32,33). The second-order valence-electron chi connectivity index (χ2n) is 9.00. The number of carbonyl (C=O) groups is 1. The summed E-state index contributed by atoms with van der Waals surface area (Å²) in [5.41, 5.74) is 4.40. The number of aliphatic carboxylic acids is 1. The van der Waals surface area contributed by atoms with Gasteiger partial charge in [-0.2, -0.15) is 0 Å². The number of hydrogen-bond donors (Lipinski definition) is 1. The van der Waals surface area contributed by atoms with Crippen LogP contribution in [-0.2, 0) is 24.4 Å². The number of hydrogen-bond acceptors (Lipinski definition) is 4. The fraction of sp³-hybridized carbons (Fsp3) is 0.345. The highest BCUT2D eigenvalue weighted by atomic mass is 19.1. The number of rotatable bonds is 10. The van der Waals surface area contributed by atoms with E-state index in [4.69, 9.17) is 14.6 Å². The Labute approximate surface area is 206 Å². The number of benzene rings is 3. The lowest BCUT2D eigenvalue weighted by molar-refractivity contribution is -0.136. The van der Waals surface area contributed by atoms with Gasteiger partial charge in [-0.3, -0.25) is 9.69 Å². The summed E-state index contributed by atoms with van der Waals surface area (Å²) in [7, 11) is 1.59. The summed E-state index contributed by atoms with van der Waals surface area (Å²) >= 11 is 0. The quantitative estimate of drug-likeness (QED) is 0.383. The minimum atomic E-state index is -0.815. The third kappa shape index (κ3) is 6.83. The number of methoxy groups -OCH3 is 1. The third-order valence-electron chi connectivity index (χ3n) is 6.41. The molecule has 1 aliphatic rings. The first kappa shape index (κ1) is 24.7. The van der Waals surface area contributed by atoms with E-state index in [1.54, 1.807) is 19.2 Å². The van der Waals surface area contributed by atoms with Crippen molar-refractivity contribution in [2.75, 3.05) is 20.2 Å². The third-order valence-corrected chi connectivity index (χ3v) is 6.41. The summed E-state index contributed by atoms with van der Waals surface area (Å²) < 4.78 is 26.2. The van der Waals surface area contributed by atoms with Crippen molar-refractivity contribution in [2.24, 2.45) is 0 Å². The van der Waals surface area contributed by atoms with E-state index in [1.807, 2.05) is 36.4 Å². The van der Waals surface area contributed by atoms with Crippen LogP contribution in [0.3, 0.4) is 0 Å². The maximum absolute atomic E-state index is 14.8. The van der Waals surface area contributed by atoms with Crippen molar-refractivity contribution in [1.82, 2.24) is 4.90 Å². The average molecular weight is 478 g/mol. The van der Waals surface area contributed by atoms with Gasteiger partial charge in [-0.05, 0) is 84.9 Å². The molecular weight excluding hydrogens is 445 g/mol. The SMILES string of the molecule is COc1ccc(F)c(-c2ccc(COc3cccc(CCC(=O)O)c3)cc2CN2CCCCC2)c1. The molecule has 0 saturated carbocycles. The van der Waals surface area contributed by atoms with E-state index in [2.05, 4.69) is 11.0 Å². The van der Waals surface area contributed by atoms with Gasteiger partial charge in [0.2, 0.25) is 0 Å². The van der Waals surface area contributed by atoms with Gasteiger partial charge in [0.25, 0.3) is 0 Å². The molecule has 184 valence electrons. The zero-order chi connectivity index (χ0) is 24.6. The number of carboxylic acid groups (broad SMARTS) is 1. The van der Waals surface area contributed by atoms with Crippen molar-refractivity contribution < 1.29 is 23.8 Å². The van der Waals surface area contributed by atoms with Crippen molar-refractivity contribution in [3.63, 3.8) is 0 Å². The van der Waals surface area contributed by atoms with Gasteiger partial charge in [-0.1, -0.05) is 36.8 Å². The molecule has 0 radical (unpaired) electrons. The van der Waals surface area contributed by atoms with Crippen LogP contribution < -0.4 is 9.47 Å². The van der Waals surface area contributed by atoms with Crippen LogP contribution in [0.5, 0.6) is 11.5 Å². The first-order chi connectivity index (χ1) is 17.0. The summed E-state index contributed by atoms with van der Waals surface area (Å²) in [5.74, 6) is 0.242. The number of carboxylic acids is 1. The number of likely N-dealkylation sites (tertiary alicyclic amines) is 1. The number of aryl methyl sites for hydroxylation is 1. The number of halogens is 1. The Bertz CT molecular complexity index is 1160. The van der Waals surface area contributed by atoms with Crippen LogP contribution in [0.15, 0.2) is 60.7 Å². The summed E-state index contributed by atoms with van der Waals surface area (Å²) in [6, 6.07) is 18.4. The second-order valence-corrected chi connectivity index (χ2v) is 9.00. The van der Waals surface area contributed by atoms with E-state index < -0.39 is 5.97 Å². The lowest BCUT2D eigenvalue weighted by Crippen LogP contribution is -2.29. The number of piperidine rings is 1. The Kier molecular flexibility index (Phi) is 8.37. The van der Waals surface area contributed by atoms with Gasteiger partial charge in [-0.25, -0.2) is 4.39 Å². The van der Waals surface area contributed by atoms with Gasteiger partial charge in [0.15, 0.2) is 0 Å². The molecule has 3 aromatic carbocycles. The summed E-state index contributed by atoms with van der Waals surface area (Å²) in [5, 5.41) is 8.93. The molecule has 1 N–H and O–H groups in total. The predicted molar refractivity (Wildman–Crippen MR) is 134 cm³/mol. The zero-order valence-corrected chi connectivity index (χ0v) is 20.1. The molecule has 0 atom stereocenters. The first-order valence-electron chi connectivity index (χ1n) is 12.1. The van der Waals surface area contributed by atoms with Gasteiger partial charge in [0, 0.05) is 18.5 Å². The van der Waals surface area contributed by atoms with Crippen LogP contribution in [0.2, 0.25) is 0 Å². The molecule has 6 heteroatoms. The van der Waals surface area contributed by atoms with Gasteiger partial charge in [0.05, 0.1) is 7.11 Å². The van der Waals surface area contributed by atoms with Gasteiger partial charge in [-0.15, -0.1) is 0 Å². The molecule has 0 unspecified atom stereocenters. The molecule has 35 heavy (non-hydrogen) atoms. The van der Waals surface area contributed by atoms with Crippen LogP contribution in [0.1, 0.15) is 42.4 Å². The molecule has 5 nitrogen and oxygen atoms in total. The topological polar surface area (TPSA) is 59.0 Å². The highest BCUT2D eigenvalue weighted by molar-refractivity contribution is 5.70. The van der Waals surface area contributed by atoms with Crippen molar-refractivity contribution in [3.05, 3.63) is 83.2 Å². The Hall–Kier alpha value is -3.38. The van der Waals surface area contributed by atoms with E-state index in [0.29, 0.717) is 30.1 Å². The minimum Gasteiger partial charge on any atom is -0.497 e. The van der Waals surface area contributed by atoms with Gasteiger partial charge in [0.1, 0.15) is 23.9 Å². The predicted octanol–water partition coefficient (Wildman–Crippen LogP) is 6.08. The number of ether oxygens (including phenoxy) is 2. The molecule has 0 amide bonds. The Morgan fingerprint density at radius 3 is 2.54 bits per heavy atom. The van der Waals surface area contributed by atoms with Crippen LogP contribution in [0.4, 0.5) is 4.39 Å². The van der Waals surface area contributed by atoms with Gasteiger partial charge >= 0.3 is 5.97 Å². The van der Waals surface area contributed by atoms with E-state index in [9.17, 15) is 9.18 Å². The summed E-state index contributed by atoms with van der Waals surface area (Å²) in [4.78, 5) is 13.3. The molecule has 1 heterocycles. The van der Waals surface area contributed by atoms with Crippen LogP contribution in [0, 0.1) is 5.82 Å². The van der Waals surface area contributed by atoms with Crippen molar-refractivity contribution in [3.8, 4) is 22.6 Å². The van der Waals surface area contributed by atoms with E-state index in [0.717, 1.165) is 41.9 Å². The maximum atomic E-state index is 14.8. The highest BCUT2D eigenvalue weighted by Gasteiger charge is 2.17. The summed E-state index contributed by atoms with van der Waals surface area (Å²) in [6.45, 7) is 3.22. The van der Waals surface area contributed by atoms with E-state index >= 15 is 0 Å². The largest absolute Gasteiger partial charge is 0.497 e.